The van der Waals surface area contributed by atoms with Crippen molar-refractivity contribution in [1.82, 2.24) is 20.1 Å². The van der Waals surface area contributed by atoms with Crippen molar-refractivity contribution in [3.8, 4) is 5.75 Å². The van der Waals surface area contributed by atoms with Crippen LogP contribution in [-0.2, 0) is 4.79 Å². The minimum absolute atomic E-state index is 0.0155. The number of rotatable bonds is 7. The van der Waals surface area contributed by atoms with E-state index in [1.807, 2.05) is 50.2 Å². The Hall–Kier alpha value is -2.54. The van der Waals surface area contributed by atoms with Crippen LogP contribution in [0.1, 0.15) is 30.3 Å². The van der Waals surface area contributed by atoms with E-state index in [2.05, 4.69) is 15.2 Å². The first kappa shape index (κ1) is 21.2. The molecule has 3 rings (SSSR count). The van der Waals surface area contributed by atoms with E-state index in [4.69, 9.17) is 4.74 Å². The Balaban J connectivity index is 1.54. The summed E-state index contributed by atoms with van der Waals surface area (Å²) in [4.78, 5) is 32.5. The number of aromatic amines is 1. The smallest absolute Gasteiger partial charge is 0.270 e. The number of methoxy groups -OCH3 is 1. The number of carbonyl (C=O) groups excluding carboxylic acids is 2. The van der Waals surface area contributed by atoms with Crippen molar-refractivity contribution in [3.05, 3.63) is 30.0 Å². The van der Waals surface area contributed by atoms with Gasteiger partial charge in [-0.05, 0) is 51.1 Å². The van der Waals surface area contributed by atoms with Crippen molar-refractivity contribution in [2.45, 2.75) is 19.8 Å². The highest BCUT2D eigenvalue weighted by Gasteiger charge is 2.30. The fraction of sp³-hybridized carbons (Fsp3) is 0.545. The van der Waals surface area contributed by atoms with Gasteiger partial charge < -0.3 is 24.8 Å². The second-order valence-corrected chi connectivity index (χ2v) is 8.15. The van der Waals surface area contributed by atoms with Gasteiger partial charge in [0.05, 0.1) is 7.11 Å². The Morgan fingerprint density at radius 2 is 2.00 bits per heavy atom. The monoisotopic (exact) mass is 400 g/mol. The maximum atomic E-state index is 12.9. The molecule has 2 aromatic rings. The van der Waals surface area contributed by atoms with E-state index in [9.17, 15) is 9.59 Å². The molecule has 158 valence electrons. The van der Waals surface area contributed by atoms with Crippen LogP contribution in [0, 0.1) is 11.8 Å². The van der Waals surface area contributed by atoms with Gasteiger partial charge in [-0.2, -0.15) is 0 Å². The van der Waals surface area contributed by atoms with Crippen molar-refractivity contribution < 1.29 is 14.3 Å². The Kier molecular flexibility index (Phi) is 6.79. The molecule has 2 amide bonds. The third kappa shape index (κ3) is 5.09. The molecule has 0 aliphatic carbocycles. The van der Waals surface area contributed by atoms with E-state index in [0.717, 1.165) is 36.0 Å². The van der Waals surface area contributed by atoms with E-state index in [1.54, 1.807) is 7.11 Å². The fourth-order valence-corrected chi connectivity index (χ4v) is 3.90. The average Bonchev–Trinajstić information content (AvgIpc) is 3.15. The summed E-state index contributed by atoms with van der Waals surface area (Å²) in [6.45, 7) is 4.85. The minimum atomic E-state index is -0.0324. The van der Waals surface area contributed by atoms with Gasteiger partial charge in [-0.1, -0.05) is 6.92 Å². The molecule has 0 spiro atoms. The number of fused-ring (bicyclic) bond motifs is 1. The number of aromatic nitrogens is 1. The van der Waals surface area contributed by atoms with Crippen LogP contribution < -0.4 is 10.1 Å². The standard InChI is InChI=1S/C22H32N4O3/c1-15(21(27)23-9-12-25(2)3)16-7-10-26(11-8-16)22(28)20-13-17-5-6-18(29-4)14-19(17)24-20/h5-6,13-16,24H,7-12H2,1-4H3,(H,23,27). The SMILES string of the molecule is COc1ccc2cc(C(=O)N3CCC(C(C)C(=O)NCCN(C)C)CC3)[nH]c2c1. The first-order chi connectivity index (χ1) is 13.9. The number of carbonyl (C=O) groups is 2. The summed E-state index contributed by atoms with van der Waals surface area (Å²) >= 11 is 0. The second-order valence-electron chi connectivity index (χ2n) is 8.15. The molecule has 1 atom stereocenters. The van der Waals surface area contributed by atoms with Crippen molar-refractivity contribution in [2.24, 2.45) is 11.8 Å². The Morgan fingerprint density at radius 1 is 1.28 bits per heavy atom. The predicted molar refractivity (Wildman–Crippen MR) is 114 cm³/mol. The van der Waals surface area contributed by atoms with Gasteiger partial charge in [0.1, 0.15) is 11.4 Å². The summed E-state index contributed by atoms with van der Waals surface area (Å²) < 4.78 is 5.25. The molecule has 0 saturated carbocycles. The molecule has 29 heavy (non-hydrogen) atoms. The van der Waals surface area contributed by atoms with E-state index in [0.29, 0.717) is 31.2 Å². The van der Waals surface area contributed by atoms with Crippen LogP contribution in [0.15, 0.2) is 24.3 Å². The molecule has 7 nitrogen and oxygen atoms in total. The first-order valence-corrected chi connectivity index (χ1v) is 10.3. The highest BCUT2D eigenvalue weighted by Crippen LogP contribution is 2.27. The number of likely N-dealkylation sites (N-methyl/N-ethyl adjacent to an activating group) is 1. The molecule has 7 heteroatoms. The third-order valence-corrected chi connectivity index (χ3v) is 5.87. The molecule has 2 N–H and O–H groups in total. The molecule has 1 aliphatic heterocycles. The van der Waals surface area contributed by atoms with Crippen LogP contribution >= 0.6 is 0 Å². The van der Waals surface area contributed by atoms with Crippen LogP contribution in [0.4, 0.5) is 0 Å². The van der Waals surface area contributed by atoms with E-state index in [-0.39, 0.29) is 17.7 Å². The van der Waals surface area contributed by atoms with E-state index in [1.165, 1.54) is 0 Å². The van der Waals surface area contributed by atoms with Gasteiger partial charge in [-0.3, -0.25) is 9.59 Å². The zero-order chi connectivity index (χ0) is 21.0. The van der Waals surface area contributed by atoms with Gasteiger partial charge >= 0.3 is 0 Å². The lowest BCUT2D eigenvalue weighted by Gasteiger charge is -2.34. The summed E-state index contributed by atoms with van der Waals surface area (Å²) in [5.74, 6) is 1.17. The number of hydrogen-bond donors (Lipinski definition) is 2. The number of nitrogens with zero attached hydrogens (tertiary/aromatic N) is 2. The van der Waals surface area contributed by atoms with Crippen LogP contribution in [0.25, 0.3) is 10.9 Å². The maximum Gasteiger partial charge on any atom is 0.270 e. The maximum absolute atomic E-state index is 12.9. The van der Waals surface area contributed by atoms with Gasteiger partial charge in [0, 0.05) is 49.1 Å². The Labute approximate surface area is 172 Å². The number of likely N-dealkylation sites (tertiary alicyclic amines) is 1. The molecule has 1 fully saturated rings. The van der Waals surface area contributed by atoms with Crippen molar-refractivity contribution >= 4 is 22.7 Å². The topological polar surface area (TPSA) is 77.7 Å². The highest BCUT2D eigenvalue weighted by molar-refractivity contribution is 5.98. The molecule has 0 radical (unpaired) electrons. The molecular weight excluding hydrogens is 368 g/mol. The summed E-state index contributed by atoms with van der Waals surface area (Å²) in [6, 6.07) is 7.63. The lowest BCUT2D eigenvalue weighted by molar-refractivity contribution is -0.126. The summed E-state index contributed by atoms with van der Waals surface area (Å²) in [7, 11) is 5.61. The van der Waals surface area contributed by atoms with Gasteiger partial charge in [0.2, 0.25) is 5.91 Å². The molecule has 1 saturated heterocycles. The van der Waals surface area contributed by atoms with Gasteiger partial charge in [0.25, 0.3) is 5.91 Å². The first-order valence-electron chi connectivity index (χ1n) is 10.3. The quantitative estimate of drug-likeness (QED) is 0.748. The lowest BCUT2D eigenvalue weighted by atomic mass is 9.84. The lowest BCUT2D eigenvalue weighted by Crippen LogP contribution is -2.43. The third-order valence-electron chi connectivity index (χ3n) is 5.87. The Bertz CT molecular complexity index is 853. The molecule has 0 bridgehead atoms. The van der Waals surface area contributed by atoms with Crippen LogP contribution in [0.5, 0.6) is 5.75 Å². The highest BCUT2D eigenvalue weighted by atomic mass is 16.5. The zero-order valence-corrected chi connectivity index (χ0v) is 17.8. The van der Waals surface area contributed by atoms with Crippen molar-refractivity contribution in [3.63, 3.8) is 0 Å². The number of hydrogen-bond acceptors (Lipinski definition) is 4. The van der Waals surface area contributed by atoms with Gasteiger partial charge in [-0.15, -0.1) is 0 Å². The number of amides is 2. The Morgan fingerprint density at radius 3 is 2.66 bits per heavy atom. The van der Waals surface area contributed by atoms with Crippen LogP contribution in [0.2, 0.25) is 0 Å². The largest absolute Gasteiger partial charge is 0.497 e. The number of ether oxygens (including phenoxy) is 1. The molecular formula is C22H32N4O3. The summed E-state index contributed by atoms with van der Waals surface area (Å²) in [5.41, 5.74) is 1.49. The number of nitrogens with one attached hydrogen (secondary N) is 2. The predicted octanol–water partition coefficient (Wildman–Crippen LogP) is 2.34. The molecule has 2 heterocycles. The van der Waals surface area contributed by atoms with Gasteiger partial charge in [0.15, 0.2) is 0 Å². The number of H-pyrrole nitrogens is 1. The van der Waals surface area contributed by atoms with E-state index >= 15 is 0 Å². The minimum Gasteiger partial charge on any atom is -0.497 e. The van der Waals surface area contributed by atoms with Crippen molar-refractivity contribution in [1.29, 1.82) is 0 Å². The second kappa shape index (κ2) is 9.31. The molecule has 1 aromatic carbocycles. The summed E-state index contributed by atoms with van der Waals surface area (Å²) in [6.07, 6.45) is 1.70. The normalized spacial score (nSPS) is 16.2. The molecule has 1 aliphatic rings. The fourth-order valence-electron chi connectivity index (χ4n) is 3.90. The van der Waals surface area contributed by atoms with Crippen LogP contribution in [0.3, 0.4) is 0 Å². The summed E-state index contributed by atoms with van der Waals surface area (Å²) in [5, 5.41) is 4.01. The molecule has 1 aromatic heterocycles. The van der Waals surface area contributed by atoms with Crippen LogP contribution in [-0.4, -0.2) is 74.0 Å². The van der Waals surface area contributed by atoms with E-state index < -0.39 is 0 Å². The van der Waals surface area contributed by atoms with Gasteiger partial charge in [-0.25, -0.2) is 0 Å². The van der Waals surface area contributed by atoms with Crippen molar-refractivity contribution in [2.75, 3.05) is 47.4 Å². The average molecular weight is 401 g/mol. The number of benzene rings is 1. The number of piperidine rings is 1. The molecule has 1 unspecified atom stereocenters. The zero-order valence-electron chi connectivity index (χ0n) is 17.8.